The van der Waals surface area contributed by atoms with E-state index in [0.717, 1.165) is 24.3 Å². The first-order chi connectivity index (χ1) is 8.44. The number of pyridine rings is 1. The van der Waals surface area contributed by atoms with Gasteiger partial charge in [-0.25, -0.2) is 0 Å². The Hall–Kier alpha value is -1.26. The van der Waals surface area contributed by atoms with Gasteiger partial charge in [-0.05, 0) is 37.8 Å². The van der Waals surface area contributed by atoms with Crippen LogP contribution >= 0.6 is 0 Å². The number of rotatable bonds is 2. The van der Waals surface area contributed by atoms with Crippen LogP contribution in [0.2, 0.25) is 0 Å². The van der Waals surface area contributed by atoms with Crippen LogP contribution in [0.3, 0.4) is 0 Å². The lowest BCUT2D eigenvalue weighted by atomic mass is 9.94. The first kappa shape index (κ1) is 13.2. The fraction of sp³-hybridized carbons (Fsp3) is 0.615. The van der Waals surface area contributed by atoms with Crippen LogP contribution in [0, 0.1) is 12.8 Å². The van der Waals surface area contributed by atoms with Gasteiger partial charge in [0.25, 0.3) is 0 Å². The molecule has 2 heterocycles. The smallest absolute Gasteiger partial charge is 0.371 e. The monoisotopic (exact) mass is 258 g/mol. The molecule has 0 radical (unpaired) electrons. The van der Waals surface area contributed by atoms with E-state index in [9.17, 15) is 13.2 Å². The van der Waals surface area contributed by atoms with E-state index in [1.54, 1.807) is 6.20 Å². The minimum Gasteiger partial charge on any atom is -0.371 e. The van der Waals surface area contributed by atoms with Crippen LogP contribution in [0.1, 0.15) is 25.0 Å². The van der Waals surface area contributed by atoms with E-state index >= 15 is 0 Å². The summed E-state index contributed by atoms with van der Waals surface area (Å²) in [7, 11) is 0. The molecule has 1 aliphatic rings. The summed E-state index contributed by atoms with van der Waals surface area (Å²) in [6, 6.07) is 3.79. The van der Waals surface area contributed by atoms with E-state index in [4.69, 9.17) is 0 Å². The van der Waals surface area contributed by atoms with Crippen molar-refractivity contribution in [1.29, 1.82) is 0 Å². The fourth-order valence-corrected chi connectivity index (χ4v) is 2.52. The van der Waals surface area contributed by atoms with Crippen LogP contribution in [0.15, 0.2) is 18.3 Å². The summed E-state index contributed by atoms with van der Waals surface area (Å²) >= 11 is 0. The third-order valence-corrected chi connectivity index (χ3v) is 3.28. The molecule has 100 valence electrons. The molecule has 5 heteroatoms. The second-order valence-corrected chi connectivity index (χ2v) is 4.93. The summed E-state index contributed by atoms with van der Waals surface area (Å²) in [5.41, 5.74) is 1.87. The Labute approximate surface area is 105 Å². The molecule has 1 aliphatic heterocycles. The van der Waals surface area contributed by atoms with Gasteiger partial charge in [0.15, 0.2) is 0 Å². The van der Waals surface area contributed by atoms with Gasteiger partial charge in [-0.2, -0.15) is 13.2 Å². The quantitative estimate of drug-likeness (QED) is 0.806. The second-order valence-electron chi connectivity index (χ2n) is 4.93. The van der Waals surface area contributed by atoms with Gasteiger partial charge < -0.3 is 4.90 Å². The summed E-state index contributed by atoms with van der Waals surface area (Å²) < 4.78 is 37.2. The summed E-state index contributed by atoms with van der Waals surface area (Å²) in [5.74, 6) is -0.285. The van der Waals surface area contributed by atoms with E-state index in [-0.39, 0.29) is 5.92 Å². The molecule has 0 bridgehead atoms. The first-order valence-corrected chi connectivity index (χ1v) is 6.18. The molecular weight excluding hydrogens is 241 g/mol. The molecule has 1 aromatic heterocycles. The molecule has 0 aromatic carbocycles. The topological polar surface area (TPSA) is 16.1 Å². The van der Waals surface area contributed by atoms with E-state index in [2.05, 4.69) is 4.98 Å². The Morgan fingerprint density at radius 1 is 1.44 bits per heavy atom. The molecule has 2 nitrogen and oxygen atoms in total. The van der Waals surface area contributed by atoms with Crippen LogP contribution < -0.4 is 4.90 Å². The highest BCUT2D eigenvalue weighted by Crippen LogP contribution is 2.31. The van der Waals surface area contributed by atoms with Crippen LogP contribution in [-0.2, 0) is 0 Å². The average Bonchev–Trinajstić information content (AvgIpc) is 2.27. The predicted octanol–water partition coefficient (Wildman–Crippen LogP) is 3.56. The molecule has 0 aliphatic carbocycles. The SMILES string of the molecule is Cc1cc(N2CCC[C@H](CC(F)(F)F)C2)ccn1. The Morgan fingerprint density at radius 3 is 2.89 bits per heavy atom. The van der Waals surface area contributed by atoms with E-state index in [0.29, 0.717) is 13.0 Å². The number of halogens is 3. The second kappa shape index (κ2) is 5.16. The van der Waals surface area contributed by atoms with Crippen molar-refractivity contribution in [3.05, 3.63) is 24.0 Å². The van der Waals surface area contributed by atoms with Crippen molar-refractivity contribution >= 4 is 5.69 Å². The van der Waals surface area contributed by atoms with Crippen LogP contribution in [0.25, 0.3) is 0 Å². The lowest BCUT2D eigenvalue weighted by Crippen LogP contribution is -2.37. The zero-order valence-electron chi connectivity index (χ0n) is 10.4. The van der Waals surface area contributed by atoms with Gasteiger partial charge in [0.2, 0.25) is 0 Å². The van der Waals surface area contributed by atoms with Crippen molar-refractivity contribution in [3.63, 3.8) is 0 Å². The van der Waals surface area contributed by atoms with Gasteiger partial charge in [-0.1, -0.05) is 0 Å². The minimum atomic E-state index is -4.05. The van der Waals surface area contributed by atoms with Gasteiger partial charge in [-0.15, -0.1) is 0 Å². The maximum Gasteiger partial charge on any atom is 0.389 e. The number of aryl methyl sites for hydroxylation is 1. The van der Waals surface area contributed by atoms with E-state index in [1.807, 2.05) is 24.0 Å². The van der Waals surface area contributed by atoms with Crippen molar-refractivity contribution < 1.29 is 13.2 Å². The number of alkyl halides is 3. The minimum absolute atomic E-state index is 0.285. The maximum absolute atomic E-state index is 12.4. The van der Waals surface area contributed by atoms with Crippen molar-refractivity contribution in [2.45, 2.75) is 32.4 Å². The van der Waals surface area contributed by atoms with Gasteiger partial charge >= 0.3 is 6.18 Å². The molecule has 0 spiro atoms. The van der Waals surface area contributed by atoms with Crippen LogP contribution in [0.5, 0.6) is 0 Å². The number of hydrogen-bond acceptors (Lipinski definition) is 2. The Morgan fingerprint density at radius 2 is 2.22 bits per heavy atom. The summed E-state index contributed by atoms with van der Waals surface area (Å²) in [6.45, 7) is 3.21. The zero-order valence-corrected chi connectivity index (χ0v) is 10.4. The largest absolute Gasteiger partial charge is 0.389 e. The summed E-state index contributed by atoms with van der Waals surface area (Å²) in [5, 5.41) is 0. The molecule has 1 aromatic rings. The highest BCUT2D eigenvalue weighted by atomic mass is 19.4. The van der Waals surface area contributed by atoms with Crippen molar-refractivity contribution in [2.75, 3.05) is 18.0 Å². The van der Waals surface area contributed by atoms with Crippen LogP contribution in [0.4, 0.5) is 18.9 Å². The third-order valence-electron chi connectivity index (χ3n) is 3.28. The highest BCUT2D eigenvalue weighted by molar-refractivity contribution is 5.46. The van der Waals surface area contributed by atoms with Gasteiger partial charge in [0.1, 0.15) is 0 Å². The summed E-state index contributed by atoms with van der Waals surface area (Å²) in [4.78, 5) is 6.14. The molecule has 0 unspecified atom stereocenters. The molecule has 1 saturated heterocycles. The Bertz CT molecular complexity index is 403. The number of nitrogens with zero attached hydrogens (tertiary/aromatic N) is 2. The van der Waals surface area contributed by atoms with E-state index < -0.39 is 12.6 Å². The average molecular weight is 258 g/mol. The van der Waals surface area contributed by atoms with Crippen LogP contribution in [-0.4, -0.2) is 24.2 Å². The molecule has 2 rings (SSSR count). The number of anilines is 1. The van der Waals surface area contributed by atoms with Gasteiger partial charge in [-0.3, -0.25) is 4.98 Å². The number of piperidine rings is 1. The fourth-order valence-electron chi connectivity index (χ4n) is 2.52. The van der Waals surface area contributed by atoms with Gasteiger partial charge in [0.05, 0.1) is 0 Å². The Balaban J connectivity index is 2.02. The standard InChI is InChI=1S/C13H17F3N2/c1-10-7-12(4-5-17-10)18-6-2-3-11(9-18)8-13(14,15)16/h4-5,7,11H,2-3,6,8-9H2,1H3/t11-/m1/s1. The first-order valence-electron chi connectivity index (χ1n) is 6.18. The number of hydrogen-bond donors (Lipinski definition) is 0. The molecule has 1 fully saturated rings. The molecule has 18 heavy (non-hydrogen) atoms. The lowest BCUT2D eigenvalue weighted by molar-refractivity contribution is -0.144. The van der Waals surface area contributed by atoms with Crippen molar-refractivity contribution in [3.8, 4) is 0 Å². The zero-order chi connectivity index (χ0) is 13.2. The third kappa shape index (κ3) is 3.62. The van der Waals surface area contributed by atoms with Gasteiger partial charge in [0, 0.05) is 37.1 Å². The normalized spacial score (nSPS) is 21.1. The molecule has 0 amide bonds. The molecular formula is C13H17F3N2. The Kier molecular flexibility index (Phi) is 3.78. The van der Waals surface area contributed by atoms with E-state index in [1.165, 1.54) is 0 Å². The van der Waals surface area contributed by atoms with Crippen molar-refractivity contribution in [1.82, 2.24) is 4.98 Å². The van der Waals surface area contributed by atoms with Crippen molar-refractivity contribution in [2.24, 2.45) is 5.92 Å². The maximum atomic E-state index is 12.4. The number of aromatic nitrogens is 1. The lowest BCUT2D eigenvalue weighted by Gasteiger charge is -2.34. The molecule has 0 saturated carbocycles. The summed E-state index contributed by atoms with van der Waals surface area (Å²) in [6.07, 6.45) is -1.53. The predicted molar refractivity (Wildman–Crippen MR) is 64.6 cm³/mol. The highest BCUT2D eigenvalue weighted by Gasteiger charge is 2.33. The molecule has 0 N–H and O–H groups in total. The molecule has 1 atom stereocenters.